The zero-order valence-electron chi connectivity index (χ0n) is 12.0. The lowest BCUT2D eigenvalue weighted by Crippen LogP contribution is -2.03. The highest BCUT2D eigenvalue weighted by Gasteiger charge is 2.16. The maximum absolute atomic E-state index is 11.5. The Balaban J connectivity index is 2.41. The van der Waals surface area contributed by atoms with E-state index >= 15 is 0 Å². The molecule has 2 aromatic heterocycles. The summed E-state index contributed by atoms with van der Waals surface area (Å²) in [6.07, 6.45) is 0. The average molecular weight is 275 g/mol. The summed E-state index contributed by atoms with van der Waals surface area (Å²) in [7, 11) is 3.11. The van der Waals surface area contributed by atoms with Gasteiger partial charge in [-0.05, 0) is 26.0 Å². The molecule has 0 amide bonds. The van der Waals surface area contributed by atoms with Crippen molar-refractivity contribution < 1.29 is 14.3 Å². The number of ether oxygens (including phenoxy) is 2. The van der Waals surface area contributed by atoms with E-state index in [2.05, 4.69) is 14.8 Å². The van der Waals surface area contributed by atoms with E-state index in [0.717, 1.165) is 17.0 Å². The van der Waals surface area contributed by atoms with Gasteiger partial charge in [0, 0.05) is 18.7 Å². The first kappa shape index (κ1) is 14.0. The molecule has 0 radical (unpaired) electrons. The lowest BCUT2D eigenvalue weighted by atomic mass is 10.1. The van der Waals surface area contributed by atoms with E-state index in [1.54, 1.807) is 23.9 Å². The van der Waals surface area contributed by atoms with E-state index in [-0.39, 0.29) is 5.69 Å². The largest absolute Gasteiger partial charge is 0.478 e. The number of esters is 1. The highest BCUT2D eigenvalue weighted by Crippen LogP contribution is 2.25. The predicted octanol–water partition coefficient (Wildman–Crippen LogP) is 1.98. The van der Waals surface area contributed by atoms with Crippen molar-refractivity contribution in [2.45, 2.75) is 13.8 Å². The smallest absolute Gasteiger partial charge is 0.358 e. The van der Waals surface area contributed by atoms with Crippen LogP contribution in [0.3, 0.4) is 0 Å². The van der Waals surface area contributed by atoms with Crippen molar-refractivity contribution in [1.29, 1.82) is 0 Å². The molecule has 0 aromatic carbocycles. The molecule has 6 heteroatoms. The number of nitrogens with zero attached hydrogens (tertiary/aromatic N) is 3. The fourth-order valence-corrected chi connectivity index (χ4v) is 1.96. The van der Waals surface area contributed by atoms with Gasteiger partial charge in [0.2, 0.25) is 5.88 Å². The zero-order chi connectivity index (χ0) is 14.7. The van der Waals surface area contributed by atoms with Crippen molar-refractivity contribution in [3.63, 3.8) is 0 Å². The molecule has 0 aliphatic rings. The Morgan fingerprint density at radius 2 is 2.15 bits per heavy atom. The van der Waals surface area contributed by atoms with Crippen LogP contribution in [0.5, 0.6) is 5.88 Å². The summed E-state index contributed by atoms with van der Waals surface area (Å²) in [6.45, 7) is 4.38. The molecule has 2 aromatic rings. The quantitative estimate of drug-likeness (QED) is 0.798. The van der Waals surface area contributed by atoms with Gasteiger partial charge in [-0.2, -0.15) is 5.10 Å². The van der Waals surface area contributed by atoms with Gasteiger partial charge >= 0.3 is 5.97 Å². The second-order valence-electron chi connectivity index (χ2n) is 4.25. The third kappa shape index (κ3) is 2.64. The van der Waals surface area contributed by atoms with Gasteiger partial charge in [0.15, 0.2) is 5.69 Å². The molecule has 0 aliphatic carbocycles. The number of carbonyl (C=O) groups is 1. The van der Waals surface area contributed by atoms with Crippen molar-refractivity contribution in [3.8, 4) is 17.1 Å². The Hall–Kier alpha value is -2.37. The Kier molecular flexibility index (Phi) is 4.02. The Labute approximate surface area is 117 Å². The number of methoxy groups -OCH3 is 1. The van der Waals surface area contributed by atoms with Crippen LogP contribution in [0.4, 0.5) is 0 Å². The van der Waals surface area contributed by atoms with Gasteiger partial charge in [-0.25, -0.2) is 9.78 Å². The fourth-order valence-electron chi connectivity index (χ4n) is 1.96. The van der Waals surface area contributed by atoms with Crippen molar-refractivity contribution >= 4 is 5.97 Å². The molecular formula is C14H17N3O3. The third-order valence-electron chi connectivity index (χ3n) is 2.90. The number of pyridine rings is 1. The molecule has 6 nitrogen and oxygen atoms in total. The Bertz CT molecular complexity index is 635. The van der Waals surface area contributed by atoms with Crippen molar-refractivity contribution in [2.24, 2.45) is 7.05 Å². The molecule has 0 N–H and O–H groups in total. The summed E-state index contributed by atoms with van der Waals surface area (Å²) in [4.78, 5) is 15.9. The topological polar surface area (TPSA) is 66.2 Å². The normalized spacial score (nSPS) is 10.4. The number of carbonyl (C=O) groups excluding carboxylic acids is 1. The fraction of sp³-hybridized carbons (Fsp3) is 0.357. The molecule has 20 heavy (non-hydrogen) atoms. The molecule has 0 aliphatic heterocycles. The molecule has 2 heterocycles. The minimum Gasteiger partial charge on any atom is -0.478 e. The maximum Gasteiger partial charge on any atom is 0.358 e. The standard InChI is InChI=1S/C14H17N3O3/c1-5-20-13-7-6-10(9(2)15-13)12-8-11(14(18)19-4)16-17(12)3/h6-8H,5H2,1-4H3. The first-order valence-corrected chi connectivity index (χ1v) is 6.30. The molecule has 0 saturated heterocycles. The molecular weight excluding hydrogens is 258 g/mol. The minimum absolute atomic E-state index is 0.276. The summed E-state index contributed by atoms with van der Waals surface area (Å²) in [5, 5.41) is 4.14. The van der Waals surface area contributed by atoms with E-state index in [1.807, 2.05) is 19.9 Å². The molecule has 0 spiro atoms. The van der Waals surface area contributed by atoms with Gasteiger partial charge in [0.25, 0.3) is 0 Å². The highest BCUT2D eigenvalue weighted by molar-refractivity contribution is 5.88. The Morgan fingerprint density at radius 3 is 2.75 bits per heavy atom. The number of hydrogen-bond donors (Lipinski definition) is 0. The molecule has 0 fully saturated rings. The summed E-state index contributed by atoms with van der Waals surface area (Å²) in [5.74, 6) is 0.132. The number of aromatic nitrogens is 3. The second-order valence-corrected chi connectivity index (χ2v) is 4.25. The van der Waals surface area contributed by atoms with Crippen molar-refractivity contribution in [3.05, 3.63) is 29.6 Å². The summed E-state index contributed by atoms with van der Waals surface area (Å²) in [6, 6.07) is 5.40. The van der Waals surface area contributed by atoms with Gasteiger partial charge in [-0.1, -0.05) is 0 Å². The van der Waals surface area contributed by atoms with Gasteiger partial charge in [-0.15, -0.1) is 0 Å². The van der Waals surface area contributed by atoms with Crippen LogP contribution < -0.4 is 4.74 Å². The minimum atomic E-state index is -0.455. The average Bonchev–Trinajstić information content (AvgIpc) is 2.80. The number of aryl methyl sites for hydroxylation is 2. The van der Waals surface area contributed by atoms with E-state index in [1.165, 1.54) is 7.11 Å². The van der Waals surface area contributed by atoms with Crippen LogP contribution in [0.2, 0.25) is 0 Å². The molecule has 0 saturated carbocycles. The highest BCUT2D eigenvalue weighted by atomic mass is 16.5. The third-order valence-corrected chi connectivity index (χ3v) is 2.90. The molecule has 106 valence electrons. The van der Waals surface area contributed by atoms with Crippen LogP contribution in [0.1, 0.15) is 23.1 Å². The Morgan fingerprint density at radius 1 is 1.40 bits per heavy atom. The lowest BCUT2D eigenvalue weighted by Gasteiger charge is -2.08. The predicted molar refractivity (Wildman–Crippen MR) is 73.7 cm³/mol. The van der Waals surface area contributed by atoms with Crippen LogP contribution in [-0.2, 0) is 11.8 Å². The zero-order valence-corrected chi connectivity index (χ0v) is 12.0. The maximum atomic E-state index is 11.5. The number of hydrogen-bond acceptors (Lipinski definition) is 5. The van der Waals surface area contributed by atoms with Gasteiger partial charge in [0.05, 0.1) is 25.1 Å². The van der Waals surface area contributed by atoms with Gasteiger partial charge < -0.3 is 9.47 Å². The summed E-state index contributed by atoms with van der Waals surface area (Å²) in [5.41, 5.74) is 2.80. The van der Waals surface area contributed by atoms with Crippen LogP contribution in [0.15, 0.2) is 18.2 Å². The number of rotatable bonds is 4. The summed E-state index contributed by atoms with van der Waals surface area (Å²) < 4.78 is 11.7. The van der Waals surface area contributed by atoms with Crippen LogP contribution >= 0.6 is 0 Å². The van der Waals surface area contributed by atoms with E-state index in [4.69, 9.17) is 4.74 Å². The van der Waals surface area contributed by atoms with Crippen molar-refractivity contribution in [1.82, 2.24) is 14.8 Å². The van der Waals surface area contributed by atoms with Gasteiger partial charge in [0.1, 0.15) is 0 Å². The molecule has 0 atom stereocenters. The van der Waals surface area contributed by atoms with E-state index < -0.39 is 5.97 Å². The van der Waals surface area contributed by atoms with Crippen molar-refractivity contribution in [2.75, 3.05) is 13.7 Å². The van der Waals surface area contributed by atoms with Gasteiger partial charge in [-0.3, -0.25) is 4.68 Å². The summed E-state index contributed by atoms with van der Waals surface area (Å²) >= 11 is 0. The molecule has 0 unspecified atom stereocenters. The van der Waals surface area contributed by atoms with Crippen LogP contribution in [0, 0.1) is 6.92 Å². The molecule has 0 bridgehead atoms. The SMILES string of the molecule is CCOc1ccc(-c2cc(C(=O)OC)nn2C)c(C)n1. The lowest BCUT2D eigenvalue weighted by molar-refractivity contribution is 0.0593. The molecule has 2 rings (SSSR count). The first-order valence-electron chi connectivity index (χ1n) is 6.30. The van der Waals surface area contributed by atoms with E-state index in [0.29, 0.717) is 12.5 Å². The van der Waals surface area contributed by atoms with Crippen LogP contribution in [-0.4, -0.2) is 34.5 Å². The first-order chi connectivity index (χ1) is 9.56. The monoisotopic (exact) mass is 275 g/mol. The van der Waals surface area contributed by atoms with E-state index in [9.17, 15) is 4.79 Å². The second kappa shape index (κ2) is 5.73. The van der Waals surface area contributed by atoms with Crippen LogP contribution in [0.25, 0.3) is 11.3 Å².